The van der Waals surface area contributed by atoms with Gasteiger partial charge in [-0.05, 0) is 6.92 Å². The Balaban J connectivity index is 2.43. The zero-order chi connectivity index (χ0) is 15.7. The first kappa shape index (κ1) is 15.5. The minimum atomic E-state index is -0.915. The molecule has 1 aliphatic heterocycles. The normalized spacial score (nSPS) is 21.6. The lowest BCUT2D eigenvalue weighted by Crippen LogP contribution is -2.24. The molecule has 1 aliphatic rings. The molecule has 21 heavy (non-hydrogen) atoms. The van der Waals surface area contributed by atoms with Gasteiger partial charge in [-0.2, -0.15) is 0 Å². The molecule has 2 atom stereocenters. The monoisotopic (exact) mass is 314 g/mol. The van der Waals surface area contributed by atoms with Crippen molar-refractivity contribution in [1.29, 1.82) is 0 Å². The first-order chi connectivity index (χ1) is 9.86. The lowest BCUT2D eigenvalue weighted by Gasteiger charge is -2.16. The summed E-state index contributed by atoms with van der Waals surface area (Å²) >= 11 is 1.03. The highest BCUT2D eigenvalue weighted by Crippen LogP contribution is 2.39. The second-order valence-corrected chi connectivity index (χ2v) is 5.79. The molecule has 0 saturated carbocycles. The number of nitrogens with one attached hydrogen (secondary N) is 1. The van der Waals surface area contributed by atoms with Crippen molar-refractivity contribution in [2.75, 3.05) is 30.3 Å². The maximum atomic E-state index is 11.9. The molecule has 9 heteroatoms. The summed E-state index contributed by atoms with van der Waals surface area (Å²) in [5.41, 5.74) is 11.3. The maximum Gasteiger partial charge on any atom is 0.263 e. The molecule has 2 amide bonds. The van der Waals surface area contributed by atoms with E-state index in [9.17, 15) is 19.8 Å². The van der Waals surface area contributed by atoms with Crippen LogP contribution in [0.15, 0.2) is 0 Å². The Morgan fingerprint density at radius 3 is 2.43 bits per heavy atom. The van der Waals surface area contributed by atoms with E-state index in [1.165, 1.54) is 0 Å². The fourth-order valence-electron chi connectivity index (χ4n) is 2.24. The third kappa shape index (κ3) is 2.80. The van der Waals surface area contributed by atoms with Gasteiger partial charge in [-0.15, -0.1) is 11.3 Å². The molecule has 2 heterocycles. The molecule has 8 nitrogen and oxygen atoms in total. The molecule has 1 aromatic heterocycles. The Morgan fingerprint density at radius 2 is 1.95 bits per heavy atom. The molecule has 0 spiro atoms. The van der Waals surface area contributed by atoms with Gasteiger partial charge in [0, 0.05) is 19.6 Å². The standard InChI is InChI=1S/C12H18N4O4S/c1-2-15-11(20)9-8(13)7(10(14)19)12(21-9)16-3-5(17)6(18)4-16/h5-6,17-18H,2-4,13H2,1H3,(H2,14,19)(H,15,20). The van der Waals surface area contributed by atoms with Crippen LogP contribution in [0.1, 0.15) is 27.0 Å². The van der Waals surface area contributed by atoms with Crippen molar-refractivity contribution < 1.29 is 19.8 Å². The molecule has 116 valence electrons. The van der Waals surface area contributed by atoms with Crippen LogP contribution in [-0.4, -0.2) is 53.9 Å². The van der Waals surface area contributed by atoms with Gasteiger partial charge in [-0.25, -0.2) is 0 Å². The summed E-state index contributed by atoms with van der Waals surface area (Å²) in [4.78, 5) is 25.4. The highest BCUT2D eigenvalue weighted by molar-refractivity contribution is 7.19. The van der Waals surface area contributed by atoms with Crippen LogP contribution in [0.4, 0.5) is 10.7 Å². The summed E-state index contributed by atoms with van der Waals surface area (Å²) in [5, 5.41) is 22.2. The number of thiophene rings is 1. The van der Waals surface area contributed by atoms with Crippen molar-refractivity contribution in [2.24, 2.45) is 5.73 Å². The third-order valence-electron chi connectivity index (χ3n) is 3.26. The van der Waals surface area contributed by atoms with Crippen LogP contribution in [0.2, 0.25) is 0 Å². The van der Waals surface area contributed by atoms with Gasteiger partial charge in [0.15, 0.2) is 0 Å². The number of carbonyl (C=O) groups is 2. The Kier molecular flexibility index (Phi) is 4.35. The van der Waals surface area contributed by atoms with Gasteiger partial charge in [0.25, 0.3) is 11.8 Å². The van der Waals surface area contributed by atoms with Crippen LogP contribution < -0.4 is 21.7 Å². The van der Waals surface area contributed by atoms with Crippen LogP contribution in [0.3, 0.4) is 0 Å². The largest absolute Gasteiger partial charge is 0.397 e. The number of aliphatic hydroxyl groups excluding tert-OH is 2. The van der Waals surface area contributed by atoms with Crippen molar-refractivity contribution in [2.45, 2.75) is 19.1 Å². The number of amides is 2. The average Bonchev–Trinajstić information content (AvgIpc) is 2.91. The molecule has 0 aliphatic carbocycles. The van der Waals surface area contributed by atoms with E-state index in [1.807, 2.05) is 0 Å². The topological polar surface area (TPSA) is 142 Å². The highest BCUT2D eigenvalue weighted by atomic mass is 32.1. The summed E-state index contributed by atoms with van der Waals surface area (Å²) < 4.78 is 0. The molecule has 2 unspecified atom stereocenters. The molecular formula is C12H18N4O4S. The van der Waals surface area contributed by atoms with Crippen LogP contribution >= 0.6 is 11.3 Å². The van der Waals surface area contributed by atoms with Gasteiger partial charge in [-0.3, -0.25) is 9.59 Å². The number of nitrogen functional groups attached to an aromatic ring is 1. The minimum absolute atomic E-state index is 0.0318. The van der Waals surface area contributed by atoms with Crippen molar-refractivity contribution in [1.82, 2.24) is 5.32 Å². The lowest BCUT2D eigenvalue weighted by molar-refractivity contribution is 0.0572. The molecular weight excluding hydrogens is 296 g/mol. The van der Waals surface area contributed by atoms with E-state index in [-0.39, 0.29) is 35.1 Å². The summed E-state index contributed by atoms with van der Waals surface area (Å²) in [5.74, 6) is -1.13. The predicted octanol–water partition coefficient (Wildman–Crippen LogP) is -1.28. The fraction of sp³-hybridized carbons (Fsp3) is 0.500. The Bertz CT molecular complexity index is 564. The molecule has 0 radical (unpaired) electrons. The second-order valence-electron chi connectivity index (χ2n) is 4.79. The van der Waals surface area contributed by atoms with Crippen LogP contribution in [0, 0.1) is 0 Å². The first-order valence-electron chi connectivity index (χ1n) is 6.48. The van der Waals surface area contributed by atoms with Crippen molar-refractivity contribution in [3.63, 3.8) is 0 Å². The highest BCUT2D eigenvalue weighted by Gasteiger charge is 2.35. The summed E-state index contributed by atoms with van der Waals surface area (Å²) in [7, 11) is 0. The lowest BCUT2D eigenvalue weighted by atomic mass is 10.2. The second kappa shape index (κ2) is 5.88. The molecule has 1 fully saturated rings. The van der Waals surface area contributed by atoms with Gasteiger partial charge in [-0.1, -0.05) is 0 Å². The number of nitrogens with two attached hydrogens (primary N) is 2. The van der Waals surface area contributed by atoms with E-state index >= 15 is 0 Å². The summed E-state index contributed by atoms with van der Waals surface area (Å²) in [6, 6.07) is 0. The van der Waals surface area contributed by atoms with Crippen molar-refractivity contribution in [3.05, 3.63) is 10.4 Å². The van der Waals surface area contributed by atoms with Gasteiger partial charge in [0.05, 0.1) is 23.5 Å². The molecule has 1 saturated heterocycles. The van der Waals surface area contributed by atoms with Crippen molar-refractivity contribution >= 4 is 33.8 Å². The summed E-state index contributed by atoms with van der Waals surface area (Å²) in [6.07, 6.45) is -1.83. The van der Waals surface area contributed by atoms with E-state index < -0.39 is 18.1 Å². The first-order valence-corrected chi connectivity index (χ1v) is 7.29. The SMILES string of the molecule is CCNC(=O)c1sc(N2CC(O)C(O)C2)c(C(N)=O)c1N. The van der Waals surface area contributed by atoms with E-state index in [2.05, 4.69) is 5.32 Å². The molecule has 1 aromatic rings. The minimum Gasteiger partial charge on any atom is -0.397 e. The van der Waals surface area contributed by atoms with Gasteiger partial charge in [0.2, 0.25) is 0 Å². The number of β-amino-alcohol motifs (C(OH)–C–C–N with tert-alkyl or cyclic N) is 2. The van der Waals surface area contributed by atoms with Gasteiger partial charge >= 0.3 is 0 Å². The van der Waals surface area contributed by atoms with E-state index in [0.717, 1.165) is 11.3 Å². The quantitative estimate of drug-likeness (QED) is 0.468. The van der Waals surface area contributed by atoms with Crippen LogP contribution in [-0.2, 0) is 0 Å². The number of carbonyl (C=O) groups excluding carboxylic acids is 2. The Morgan fingerprint density at radius 1 is 1.38 bits per heavy atom. The summed E-state index contributed by atoms with van der Waals surface area (Å²) in [6.45, 7) is 2.50. The molecule has 0 bridgehead atoms. The van der Waals surface area contributed by atoms with E-state index in [1.54, 1.807) is 11.8 Å². The Labute approximate surface area is 125 Å². The average molecular weight is 314 g/mol. The fourth-order valence-corrected chi connectivity index (χ4v) is 3.40. The van der Waals surface area contributed by atoms with Crippen LogP contribution in [0.5, 0.6) is 0 Å². The number of anilines is 2. The molecule has 7 N–H and O–H groups in total. The van der Waals surface area contributed by atoms with E-state index in [4.69, 9.17) is 11.5 Å². The number of hydrogen-bond acceptors (Lipinski definition) is 7. The molecule has 0 aromatic carbocycles. The maximum absolute atomic E-state index is 11.9. The van der Waals surface area contributed by atoms with Gasteiger partial charge < -0.3 is 31.9 Å². The van der Waals surface area contributed by atoms with Gasteiger partial charge in [0.1, 0.15) is 9.88 Å². The van der Waals surface area contributed by atoms with E-state index in [0.29, 0.717) is 11.5 Å². The Hall–Kier alpha value is -1.84. The smallest absolute Gasteiger partial charge is 0.263 e. The zero-order valence-electron chi connectivity index (χ0n) is 11.5. The number of primary amides is 1. The predicted molar refractivity (Wildman–Crippen MR) is 79.5 cm³/mol. The molecule has 2 rings (SSSR count). The van der Waals surface area contributed by atoms with Crippen LogP contribution in [0.25, 0.3) is 0 Å². The number of aliphatic hydroxyl groups is 2. The van der Waals surface area contributed by atoms with Crippen molar-refractivity contribution in [3.8, 4) is 0 Å². The third-order valence-corrected chi connectivity index (χ3v) is 4.53. The number of rotatable bonds is 4. The zero-order valence-corrected chi connectivity index (χ0v) is 12.3. The number of hydrogen-bond donors (Lipinski definition) is 5. The number of nitrogens with zero attached hydrogens (tertiary/aromatic N) is 1.